The number of hydrogen-bond donors (Lipinski definition) is 1. The van der Waals surface area contributed by atoms with Crippen LogP contribution in [-0.2, 0) is 17.8 Å². The third-order valence-electron chi connectivity index (χ3n) is 2.75. The third kappa shape index (κ3) is 4.53. The topological polar surface area (TPSA) is 59.2 Å². The van der Waals surface area contributed by atoms with Crippen LogP contribution in [0.15, 0.2) is 18.3 Å². The molecule has 0 aliphatic heterocycles. The third-order valence-corrected chi connectivity index (χ3v) is 2.75. The number of carbonyl (C=O) groups excluding carboxylic acids is 1. The molecule has 0 saturated carbocycles. The quantitative estimate of drug-likeness (QED) is 0.809. The minimum atomic E-state index is -0.302. The monoisotopic (exact) mass is 235 g/mol. The maximum atomic E-state index is 11.0. The predicted octanol–water partition coefficient (Wildman–Crippen LogP) is 1.34. The summed E-state index contributed by atoms with van der Waals surface area (Å²) in [4.78, 5) is 17.4. The van der Waals surface area contributed by atoms with E-state index in [4.69, 9.17) is 5.73 Å². The van der Waals surface area contributed by atoms with Crippen molar-refractivity contribution in [2.24, 2.45) is 5.73 Å². The van der Waals surface area contributed by atoms with E-state index >= 15 is 0 Å². The van der Waals surface area contributed by atoms with Crippen molar-refractivity contribution >= 4 is 5.91 Å². The van der Waals surface area contributed by atoms with Crippen molar-refractivity contribution in [2.45, 2.75) is 39.8 Å². The summed E-state index contributed by atoms with van der Waals surface area (Å²) in [7, 11) is 0. The van der Waals surface area contributed by atoms with Gasteiger partial charge in [-0.2, -0.15) is 0 Å². The minimum absolute atomic E-state index is 0.273. The van der Waals surface area contributed by atoms with Crippen molar-refractivity contribution < 1.29 is 4.79 Å². The van der Waals surface area contributed by atoms with Crippen LogP contribution in [0.5, 0.6) is 0 Å². The van der Waals surface area contributed by atoms with E-state index in [0.29, 0.717) is 6.54 Å². The van der Waals surface area contributed by atoms with Crippen LogP contribution in [0.25, 0.3) is 0 Å². The molecular weight excluding hydrogens is 214 g/mol. The molecular formula is C13H21N3O. The second-order valence-corrected chi connectivity index (χ2v) is 4.48. The molecule has 4 nitrogen and oxygen atoms in total. The number of rotatable bonds is 6. The Kier molecular flexibility index (Phi) is 5.10. The summed E-state index contributed by atoms with van der Waals surface area (Å²) in [6, 6.07) is 4.36. The summed E-state index contributed by atoms with van der Waals surface area (Å²) in [5.41, 5.74) is 7.42. The lowest BCUT2D eigenvalue weighted by Gasteiger charge is -2.24. The summed E-state index contributed by atoms with van der Waals surface area (Å²) in [6.45, 7) is 7.12. The zero-order valence-electron chi connectivity index (χ0n) is 10.8. The Bertz CT molecular complexity index is 359. The number of amides is 1. The zero-order chi connectivity index (χ0) is 12.8. The molecule has 0 aliphatic rings. The largest absolute Gasteiger partial charge is 0.369 e. The molecule has 1 aromatic heterocycles. The van der Waals surface area contributed by atoms with Gasteiger partial charge < -0.3 is 5.73 Å². The lowest BCUT2D eigenvalue weighted by Crippen LogP contribution is -2.38. The number of primary amides is 1. The van der Waals surface area contributed by atoms with E-state index in [1.54, 1.807) is 0 Å². The fraction of sp³-hybridized carbons (Fsp3) is 0.538. The Labute approximate surface area is 103 Å². The van der Waals surface area contributed by atoms with Crippen molar-refractivity contribution in [3.05, 3.63) is 29.6 Å². The molecule has 1 heterocycles. The van der Waals surface area contributed by atoms with Crippen molar-refractivity contribution in [2.75, 3.05) is 6.54 Å². The van der Waals surface area contributed by atoms with Gasteiger partial charge >= 0.3 is 0 Å². The summed E-state index contributed by atoms with van der Waals surface area (Å²) in [6.07, 6.45) is 2.88. The van der Waals surface area contributed by atoms with E-state index < -0.39 is 0 Å². The Balaban J connectivity index is 2.68. The van der Waals surface area contributed by atoms with Crippen molar-refractivity contribution in [3.8, 4) is 0 Å². The number of hydrogen-bond acceptors (Lipinski definition) is 3. The van der Waals surface area contributed by atoms with Gasteiger partial charge in [0.1, 0.15) is 0 Å². The summed E-state index contributed by atoms with van der Waals surface area (Å²) < 4.78 is 0. The van der Waals surface area contributed by atoms with E-state index in [1.165, 1.54) is 5.56 Å². The SMILES string of the molecule is CCc1ccc(CN(CC(N)=O)C(C)C)nc1. The molecule has 1 amide bonds. The van der Waals surface area contributed by atoms with Crippen molar-refractivity contribution in [1.82, 2.24) is 9.88 Å². The highest BCUT2D eigenvalue weighted by atomic mass is 16.1. The van der Waals surface area contributed by atoms with Gasteiger partial charge in [0.25, 0.3) is 0 Å². The summed E-state index contributed by atoms with van der Waals surface area (Å²) in [5.74, 6) is -0.302. The fourth-order valence-corrected chi connectivity index (χ4v) is 1.59. The van der Waals surface area contributed by atoms with Gasteiger partial charge in [-0.15, -0.1) is 0 Å². The van der Waals surface area contributed by atoms with E-state index in [-0.39, 0.29) is 18.5 Å². The van der Waals surface area contributed by atoms with Crippen molar-refractivity contribution in [3.63, 3.8) is 0 Å². The first-order valence-electron chi connectivity index (χ1n) is 5.99. The fourth-order valence-electron chi connectivity index (χ4n) is 1.59. The maximum Gasteiger partial charge on any atom is 0.231 e. The van der Waals surface area contributed by atoms with Crippen LogP contribution in [0.4, 0.5) is 0 Å². The molecule has 17 heavy (non-hydrogen) atoms. The molecule has 1 aromatic rings. The van der Waals surface area contributed by atoms with Crippen molar-refractivity contribution in [1.29, 1.82) is 0 Å². The minimum Gasteiger partial charge on any atom is -0.369 e. The van der Waals surface area contributed by atoms with E-state index in [9.17, 15) is 4.79 Å². The Morgan fingerprint density at radius 2 is 2.18 bits per heavy atom. The van der Waals surface area contributed by atoms with Gasteiger partial charge in [-0.3, -0.25) is 14.7 Å². The maximum absolute atomic E-state index is 11.0. The average Bonchev–Trinajstić information content (AvgIpc) is 2.28. The highest BCUT2D eigenvalue weighted by Gasteiger charge is 2.13. The number of nitrogens with two attached hydrogens (primary N) is 1. The van der Waals surface area contributed by atoms with Crippen LogP contribution in [0.3, 0.4) is 0 Å². The molecule has 0 saturated heterocycles. The van der Waals surface area contributed by atoms with Gasteiger partial charge in [-0.25, -0.2) is 0 Å². The van der Waals surface area contributed by atoms with Gasteiger partial charge in [0.2, 0.25) is 5.91 Å². The van der Waals surface area contributed by atoms with E-state index in [1.807, 2.05) is 31.0 Å². The lowest BCUT2D eigenvalue weighted by molar-refractivity contribution is -0.119. The standard InChI is InChI=1S/C13H21N3O/c1-4-11-5-6-12(15-7-11)8-16(10(2)3)9-13(14)17/h5-7,10H,4,8-9H2,1-3H3,(H2,14,17). The molecule has 94 valence electrons. The van der Waals surface area contributed by atoms with E-state index in [2.05, 4.69) is 18.0 Å². The molecule has 0 unspecified atom stereocenters. The van der Waals surface area contributed by atoms with Crippen LogP contribution >= 0.6 is 0 Å². The smallest absolute Gasteiger partial charge is 0.231 e. The number of carbonyl (C=O) groups is 1. The first-order valence-corrected chi connectivity index (χ1v) is 5.99. The number of aryl methyl sites for hydroxylation is 1. The Morgan fingerprint density at radius 3 is 2.59 bits per heavy atom. The molecule has 0 atom stereocenters. The lowest BCUT2D eigenvalue weighted by atomic mass is 10.2. The molecule has 0 spiro atoms. The molecule has 0 fully saturated rings. The average molecular weight is 235 g/mol. The number of pyridine rings is 1. The second kappa shape index (κ2) is 6.35. The number of nitrogens with zero attached hydrogens (tertiary/aromatic N) is 2. The molecule has 0 aromatic carbocycles. The first kappa shape index (κ1) is 13.6. The van der Waals surface area contributed by atoms with Gasteiger partial charge in [-0.1, -0.05) is 13.0 Å². The molecule has 2 N–H and O–H groups in total. The van der Waals surface area contributed by atoms with Crippen LogP contribution in [0.2, 0.25) is 0 Å². The van der Waals surface area contributed by atoms with Gasteiger partial charge in [0.05, 0.1) is 12.2 Å². The molecule has 0 aliphatic carbocycles. The Hall–Kier alpha value is -1.42. The van der Waals surface area contributed by atoms with Crippen LogP contribution < -0.4 is 5.73 Å². The van der Waals surface area contributed by atoms with Gasteiger partial charge in [0, 0.05) is 18.8 Å². The normalized spacial score (nSPS) is 11.1. The van der Waals surface area contributed by atoms with E-state index in [0.717, 1.165) is 12.1 Å². The number of aromatic nitrogens is 1. The molecule has 0 radical (unpaired) electrons. The zero-order valence-corrected chi connectivity index (χ0v) is 10.8. The summed E-state index contributed by atoms with van der Waals surface area (Å²) in [5, 5.41) is 0. The first-order chi connectivity index (χ1) is 8.02. The summed E-state index contributed by atoms with van der Waals surface area (Å²) >= 11 is 0. The van der Waals surface area contributed by atoms with Gasteiger partial charge in [-0.05, 0) is 31.9 Å². The highest BCUT2D eigenvalue weighted by molar-refractivity contribution is 5.75. The van der Waals surface area contributed by atoms with Crippen LogP contribution in [0, 0.1) is 0 Å². The van der Waals surface area contributed by atoms with Crippen LogP contribution in [0.1, 0.15) is 32.0 Å². The molecule has 4 heteroatoms. The second-order valence-electron chi connectivity index (χ2n) is 4.48. The Morgan fingerprint density at radius 1 is 1.47 bits per heavy atom. The van der Waals surface area contributed by atoms with Crippen LogP contribution in [-0.4, -0.2) is 28.4 Å². The predicted molar refractivity (Wildman–Crippen MR) is 68.4 cm³/mol. The van der Waals surface area contributed by atoms with Gasteiger partial charge in [0.15, 0.2) is 0 Å². The molecule has 0 bridgehead atoms. The highest BCUT2D eigenvalue weighted by Crippen LogP contribution is 2.07. The molecule has 1 rings (SSSR count).